The number of nitrogens with two attached hydrogens (primary N) is 1. The number of nitrogens with zero attached hydrogens (tertiary/aromatic N) is 1. The van der Waals surface area contributed by atoms with E-state index in [1.165, 1.54) is 6.33 Å². The number of H-pyrrole nitrogens is 1. The number of carbonyl (C=O) groups is 4. The SMILES string of the molecule is CC(C)C(NC(=O)C(N)Cc1cnc[nH]1)C(=O)NC(Cc1ccccc1)C(=O)NC(CS)C(=O)O. The molecular formula is C23H32N6O5S. The number of aromatic nitrogens is 2. The van der Waals surface area contributed by atoms with E-state index in [4.69, 9.17) is 5.73 Å². The van der Waals surface area contributed by atoms with Gasteiger partial charge in [0.25, 0.3) is 0 Å². The third-order valence-corrected chi connectivity index (χ3v) is 5.66. The monoisotopic (exact) mass is 504 g/mol. The van der Waals surface area contributed by atoms with Gasteiger partial charge in [-0.3, -0.25) is 14.4 Å². The number of amides is 3. The number of carboxylic acid groups (broad SMARTS) is 1. The number of benzene rings is 1. The van der Waals surface area contributed by atoms with Crippen molar-refractivity contribution >= 4 is 36.3 Å². The Balaban J connectivity index is 2.14. The lowest BCUT2D eigenvalue weighted by Crippen LogP contribution is -2.59. The molecule has 4 unspecified atom stereocenters. The molecule has 1 aromatic carbocycles. The van der Waals surface area contributed by atoms with E-state index in [1.54, 1.807) is 44.3 Å². The normalized spacial score (nSPS) is 14.4. The van der Waals surface area contributed by atoms with Crippen LogP contribution in [-0.2, 0) is 32.0 Å². The van der Waals surface area contributed by atoms with Gasteiger partial charge in [0, 0.05) is 30.5 Å². The topological polar surface area (TPSA) is 179 Å². The van der Waals surface area contributed by atoms with Gasteiger partial charge in [-0.2, -0.15) is 12.6 Å². The maximum atomic E-state index is 13.2. The first-order chi connectivity index (χ1) is 16.6. The van der Waals surface area contributed by atoms with Crippen LogP contribution in [0.2, 0.25) is 0 Å². The quantitative estimate of drug-likeness (QED) is 0.182. The van der Waals surface area contributed by atoms with Crippen LogP contribution in [0.15, 0.2) is 42.9 Å². The van der Waals surface area contributed by atoms with Gasteiger partial charge in [-0.05, 0) is 11.5 Å². The van der Waals surface area contributed by atoms with Gasteiger partial charge in [0.2, 0.25) is 17.7 Å². The van der Waals surface area contributed by atoms with Crippen molar-refractivity contribution in [3.8, 4) is 0 Å². The second-order valence-electron chi connectivity index (χ2n) is 8.45. The largest absolute Gasteiger partial charge is 0.480 e. The highest BCUT2D eigenvalue weighted by molar-refractivity contribution is 7.80. The van der Waals surface area contributed by atoms with E-state index >= 15 is 0 Å². The first-order valence-electron chi connectivity index (χ1n) is 11.1. The van der Waals surface area contributed by atoms with Gasteiger partial charge in [-0.25, -0.2) is 9.78 Å². The van der Waals surface area contributed by atoms with Crippen LogP contribution in [-0.4, -0.2) is 68.7 Å². The summed E-state index contributed by atoms with van der Waals surface area (Å²) in [6.45, 7) is 3.50. The van der Waals surface area contributed by atoms with Crippen LogP contribution in [0.4, 0.5) is 0 Å². The Morgan fingerprint density at radius 2 is 1.66 bits per heavy atom. The first kappa shape index (κ1) is 27.9. The Kier molecular flexibility index (Phi) is 10.7. The van der Waals surface area contributed by atoms with Crippen molar-refractivity contribution in [3.63, 3.8) is 0 Å². The number of nitrogens with one attached hydrogen (secondary N) is 4. The van der Waals surface area contributed by atoms with Crippen LogP contribution in [0, 0.1) is 5.92 Å². The van der Waals surface area contributed by atoms with Gasteiger partial charge in [0.15, 0.2) is 0 Å². The summed E-state index contributed by atoms with van der Waals surface area (Å²) >= 11 is 3.97. The number of rotatable bonds is 13. The summed E-state index contributed by atoms with van der Waals surface area (Å²) < 4.78 is 0. The molecule has 12 heteroatoms. The number of carbonyl (C=O) groups excluding carboxylic acids is 3. The van der Waals surface area contributed by atoms with Gasteiger partial charge < -0.3 is 31.8 Å². The average Bonchev–Trinajstić information content (AvgIpc) is 3.33. The second kappa shape index (κ2) is 13.5. The summed E-state index contributed by atoms with van der Waals surface area (Å²) in [7, 11) is 0. The molecule has 0 spiro atoms. The number of hydrogen-bond donors (Lipinski definition) is 7. The van der Waals surface area contributed by atoms with E-state index in [2.05, 4.69) is 38.5 Å². The van der Waals surface area contributed by atoms with Crippen molar-refractivity contribution in [1.29, 1.82) is 0 Å². The summed E-state index contributed by atoms with van der Waals surface area (Å²) in [5, 5.41) is 17.0. The van der Waals surface area contributed by atoms with E-state index in [0.29, 0.717) is 5.69 Å². The maximum Gasteiger partial charge on any atom is 0.327 e. The number of aliphatic carboxylic acids is 1. The lowest BCUT2D eigenvalue weighted by Gasteiger charge is -2.27. The minimum atomic E-state index is -1.24. The Bertz CT molecular complexity index is 986. The highest BCUT2D eigenvalue weighted by Gasteiger charge is 2.31. The van der Waals surface area contributed by atoms with E-state index in [0.717, 1.165) is 5.56 Å². The second-order valence-corrected chi connectivity index (χ2v) is 8.82. The van der Waals surface area contributed by atoms with Crippen molar-refractivity contribution in [2.75, 3.05) is 5.75 Å². The molecule has 0 aliphatic heterocycles. The average molecular weight is 505 g/mol. The van der Waals surface area contributed by atoms with Crippen molar-refractivity contribution in [3.05, 3.63) is 54.1 Å². The smallest absolute Gasteiger partial charge is 0.327 e. The highest BCUT2D eigenvalue weighted by atomic mass is 32.1. The summed E-state index contributed by atoms with van der Waals surface area (Å²) in [6, 6.07) is 4.78. The molecule has 190 valence electrons. The number of hydrogen-bond acceptors (Lipinski definition) is 7. The zero-order valence-electron chi connectivity index (χ0n) is 19.6. The molecule has 2 rings (SSSR count). The lowest BCUT2D eigenvalue weighted by atomic mass is 10.00. The molecular weight excluding hydrogens is 472 g/mol. The molecule has 35 heavy (non-hydrogen) atoms. The van der Waals surface area contributed by atoms with Crippen molar-refractivity contribution in [2.45, 2.75) is 50.9 Å². The minimum Gasteiger partial charge on any atom is -0.480 e. The summed E-state index contributed by atoms with van der Waals surface area (Å²) in [6.07, 6.45) is 3.36. The van der Waals surface area contributed by atoms with Crippen LogP contribution in [0.1, 0.15) is 25.1 Å². The zero-order chi connectivity index (χ0) is 26.0. The summed E-state index contributed by atoms with van der Waals surface area (Å²) in [5.41, 5.74) is 7.43. The molecule has 7 N–H and O–H groups in total. The fourth-order valence-electron chi connectivity index (χ4n) is 3.30. The summed E-state index contributed by atoms with van der Waals surface area (Å²) in [4.78, 5) is 56.8. The molecule has 0 radical (unpaired) electrons. The Labute approximate surface area is 209 Å². The van der Waals surface area contributed by atoms with Crippen LogP contribution in [0.5, 0.6) is 0 Å². The van der Waals surface area contributed by atoms with Crippen LogP contribution in [0.3, 0.4) is 0 Å². The zero-order valence-corrected chi connectivity index (χ0v) is 20.5. The molecule has 11 nitrogen and oxygen atoms in total. The van der Waals surface area contributed by atoms with Crippen LogP contribution >= 0.6 is 12.6 Å². The molecule has 0 saturated heterocycles. The van der Waals surface area contributed by atoms with E-state index in [9.17, 15) is 24.3 Å². The molecule has 0 saturated carbocycles. The molecule has 1 heterocycles. The molecule has 0 aliphatic rings. The van der Waals surface area contributed by atoms with Gasteiger partial charge in [-0.15, -0.1) is 0 Å². The number of thiol groups is 1. The van der Waals surface area contributed by atoms with Gasteiger partial charge >= 0.3 is 5.97 Å². The Morgan fingerprint density at radius 1 is 1.00 bits per heavy atom. The number of imidazole rings is 1. The maximum absolute atomic E-state index is 13.2. The number of aromatic amines is 1. The van der Waals surface area contributed by atoms with Crippen molar-refractivity contribution in [1.82, 2.24) is 25.9 Å². The molecule has 1 aromatic heterocycles. The van der Waals surface area contributed by atoms with Crippen LogP contribution in [0.25, 0.3) is 0 Å². The standard InChI is InChI=1S/C23H32N6O5S/c1-13(2)19(29-20(30)16(24)9-15-10-25-12-26-15)22(32)27-17(8-14-6-4-3-5-7-14)21(31)28-18(11-35)23(33)34/h3-7,10,12-13,16-19,35H,8-9,11,24H2,1-2H3,(H,25,26)(H,27,32)(H,28,31)(H,29,30)(H,33,34). The Morgan fingerprint density at radius 3 is 2.20 bits per heavy atom. The molecule has 4 atom stereocenters. The van der Waals surface area contributed by atoms with E-state index < -0.39 is 47.9 Å². The van der Waals surface area contributed by atoms with Gasteiger partial charge in [-0.1, -0.05) is 44.2 Å². The first-order valence-corrected chi connectivity index (χ1v) is 11.8. The molecule has 3 amide bonds. The fraction of sp³-hybridized carbons (Fsp3) is 0.435. The minimum absolute atomic E-state index is 0.119. The lowest BCUT2D eigenvalue weighted by molar-refractivity contribution is -0.141. The molecule has 0 aliphatic carbocycles. The van der Waals surface area contributed by atoms with Crippen molar-refractivity contribution < 1.29 is 24.3 Å². The third-order valence-electron chi connectivity index (χ3n) is 5.29. The molecule has 0 bridgehead atoms. The van der Waals surface area contributed by atoms with Gasteiger partial charge in [0.05, 0.1) is 12.4 Å². The molecule has 0 fully saturated rings. The predicted octanol–water partition coefficient (Wildman–Crippen LogP) is -0.353. The Hall–Kier alpha value is -3.38. The fourth-order valence-corrected chi connectivity index (χ4v) is 3.55. The summed E-state index contributed by atoms with van der Waals surface area (Å²) in [5.74, 6) is -3.46. The molecule has 2 aromatic rings. The van der Waals surface area contributed by atoms with Gasteiger partial charge in [0.1, 0.15) is 18.1 Å². The van der Waals surface area contributed by atoms with E-state index in [-0.39, 0.29) is 24.5 Å². The third kappa shape index (κ3) is 8.72. The number of carboxylic acids is 1. The predicted molar refractivity (Wildman–Crippen MR) is 133 cm³/mol. The highest BCUT2D eigenvalue weighted by Crippen LogP contribution is 2.08. The van der Waals surface area contributed by atoms with E-state index in [1.807, 2.05) is 6.07 Å². The van der Waals surface area contributed by atoms with Crippen LogP contribution < -0.4 is 21.7 Å². The van der Waals surface area contributed by atoms with Crippen molar-refractivity contribution in [2.24, 2.45) is 11.7 Å².